The molecule has 122 valence electrons. The number of nitrogens with zero attached hydrogens (tertiary/aromatic N) is 1. The fraction of sp³-hybridized carbons (Fsp3) is 0.158. The van der Waals surface area contributed by atoms with Crippen molar-refractivity contribution in [2.45, 2.75) is 13.1 Å². The highest BCUT2D eigenvalue weighted by Crippen LogP contribution is 2.17. The zero-order valence-electron chi connectivity index (χ0n) is 13.4. The average Bonchev–Trinajstić information content (AvgIpc) is 2.63. The van der Waals surface area contributed by atoms with Crippen LogP contribution in [0.1, 0.15) is 5.56 Å². The number of fused-ring (bicyclic) bond motifs is 1. The van der Waals surface area contributed by atoms with E-state index in [0.29, 0.717) is 17.7 Å². The Morgan fingerprint density at radius 2 is 1.92 bits per heavy atom. The Labute approximate surface area is 139 Å². The Bertz CT molecular complexity index is 917. The topological polar surface area (TPSA) is 60.3 Å². The summed E-state index contributed by atoms with van der Waals surface area (Å²) in [6, 6.07) is 16.7. The third-order valence-electron chi connectivity index (χ3n) is 3.83. The van der Waals surface area contributed by atoms with E-state index in [4.69, 9.17) is 4.74 Å². The van der Waals surface area contributed by atoms with Crippen LogP contribution in [0.2, 0.25) is 0 Å². The number of hydrogen-bond donors (Lipinski definition) is 1. The Balaban J connectivity index is 1.74. The summed E-state index contributed by atoms with van der Waals surface area (Å²) < 4.78 is 6.57. The SMILES string of the molecule is COc1ccc2c(=O)n(CC(=O)NCc3ccccc3)ccc2c1. The molecule has 0 unspecified atom stereocenters. The number of methoxy groups -OCH3 is 1. The molecule has 1 heterocycles. The molecule has 24 heavy (non-hydrogen) atoms. The van der Waals surface area contributed by atoms with Gasteiger partial charge in [-0.3, -0.25) is 9.59 Å². The standard InChI is InChI=1S/C19H18N2O3/c1-24-16-7-8-17-15(11-16)9-10-21(19(17)23)13-18(22)20-12-14-5-3-2-4-6-14/h2-11H,12-13H2,1H3,(H,20,22). The highest BCUT2D eigenvalue weighted by Gasteiger charge is 2.08. The van der Waals surface area contributed by atoms with Crippen molar-refractivity contribution in [1.29, 1.82) is 0 Å². The Hall–Kier alpha value is -3.08. The molecule has 0 fully saturated rings. The predicted octanol–water partition coefficient (Wildman–Crippen LogP) is 2.33. The molecule has 3 aromatic rings. The van der Waals surface area contributed by atoms with Gasteiger partial charge in [0.1, 0.15) is 12.3 Å². The second-order valence-electron chi connectivity index (χ2n) is 5.46. The molecule has 0 aliphatic carbocycles. The molecule has 0 aliphatic heterocycles. The van der Waals surface area contributed by atoms with Crippen molar-refractivity contribution in [3.05, 3.63) is 76.7 Å². The third-order valence-corrected chi connectivity index (χ3v) is 3.83. The first-order valence-corrected chi connectivity index (χ1v) is 7.65. The van der Waals surface area contributed by atoms with E-state index >= 15 is 0 Å². The molecule has 0 saturated heterocycles. The molecule has 0 saturated carbocycles. The van der Waals surface area contributed by atoms with Crippen LogP contribution < -0.4 is 15.6 Å². The van der Waals surface area contributed by atoms with Gasteiger partial charge in [-0.1, -0.05) is 30.3 Å². The largest absolute Gasteiger partial charge is 0.497 e. The third kappa shape index (κ3) is 3.46. The lowest BCUT2D eigenvalue weighted by atomic mass is 10.1. The van der Waals surface area contributed by atoms with Crippen LogP contribution in [-0.2, 0) is 17.9 Å². The average molecular weight is 322 g/mol. The highest BCUT2D eigenvalue weighted by molar-refractivity contribution is 5.83. The minimum atomic E-state index is -0.200. The van der Waals surface area contributed by atoms with Gasteiger partial charge in [0.05, 0.1) is 7.11 Å². The van der Waals surface area contributed by atoms with Crippen LogP contribution >= 0.6 is 0 Å². The molecule has 0 aliphatic rings. The maximum Gasteiger partial charge on any atom is 0.258 e. The van der Waals surface area contributed by atoms with Gasteiger partial charge in [-0.2, -0.15) is 0 Å². The van der Waals surface area contributed by atoms with Gasteiger partial charge in [0.2, 0.25) is 5.91 Å². The number of ether oxygens (including phenoxy) is 1. The van der Waals surface area contributed by atoms with E-state index in [9.17, 15) is 9.59 Å². The van der Waals surface area contributed by atoms with E-state index in [2.05, 4.69) is 5.32 Å². The Morgan fingerprint density at radius 1 is 1.12 bits per heavy atom. The van der Waals surface area contributed by atoms with Gasteiger partial charge in [0.25, 0.3) is 5.56 Å². The second kappa shape index (κ2) is 7.00. The molecule has 1 aromatic heterocycles. The lowest BCUT2D eigenvalue weighted by Crippen LogP contribution is -2.31. The molecule has 0 spiro atoms. The number of rotatable bonds is 5. The highest BCUT2D eigenvalue weighted by atomic mass is 16.5. The van der Waals surface area contributed by atoms with E-state index in [1.54, 1.807) is 31.5 Å². The van der Waals surface area contributed by atoms with Gasteiger partial charge in [0, 0.05) is 18.1 Å². The van der Waals surface area contributed by atoms with E-state index in [0.717, 1.165) is 10.9 Å². The van der Waals surface area contributed by atoms with Crippen LogP contribution in [0.3, 0.4) is 0 Å². The number of benzene rings is 2. The summed E-state index contributed by atoms with van der Waals surface area (Å²) in [4.78, 5) is 24.6. The molecule has 0 bridgehead atoms. The van der Waals surface area contributed by atoms with Gasteiger partial charge in [-0.05, 0) is 35.2 Å². The van der Waals surface area contributed by atoms with Crippen molar-refractivity contribution in [2.24, 2.45) is 0 Å². The summed E-state index contributed by atoms with van der Waals surface area (Å²) in [7, 11) is 1.58. The van der Waals surface area contributed by atoms with E-state index < -0.39 is 0 Å². The molecule has 1 amide bonds. The normalized spacial score (nSPS) is 10.5. The van der Waals surface area contributed by atoms with Gasteiger partial charge >= 0.3 is 0 Å². The van der Waals surface area contributed by atoms with Gasteiger partial charge in [-0.25, -0.2) is 0 Å². The zero-order valence-corrected chi connectivity index (χ0v) is 13.4. The summed E-state index contributed by atoms with van der Waals surface area (Å²) in [6.45, 7) is 0.437. The fourth-order valence-electron chi connectivity index (χ4n) is 2.52. The second-order valence-corrected chi connectivity index (χ2v) is 5.46. The first-order chi connectivity index (χ1) is 11.7. The fourth-order valence-corrected chi connectivity index (χ4v) is 2.52. The van der Waals surface area contributed by atoms with Crippen molar-refractivity contribution >= 4 is 16.7 Å². The number of carbonyl (C=O) groups is 1. The Kier molecular flexibility index (Phi) is 4.61. The summed E-state index contributed by atoms with van der Waals surface area (Å²) in [5.74, 6) is 0.495. The van der Waals surface area contributed by atoms with E-state index in [-0.39, 0.29) is 18.0 Å². The number of carbonyl (C=O) groups excluding carboxylic acids is 1. The quantitative estimate of drug-likeness (QED) is 0.784. The minimum Gasteiger partial charge on any atom is -0.497 e. The number of nitrogens with one attached hydrogen (secondary N) is 1. The number of amides is 1. The van der Waals surface area contributed by atoms with Crippen LogP contribution in [-0.4, -0.2) is 17.6 Å². The number of hydrogen-bond acceptors (Lipinski definition) is 3. The maximum absolute atomic E-state index is 12.5. The van der Waals surface area contributed by atoms with Crippen molar-refractivity contribution in [1.82, 2.24) is 9.88 Å². The summed E-state index contributed by atoms with van der Waals surface area (Å²) in [6.07, 6.45) is 1.63. The lowest BCUT2D eigenvalue weighted by molar-refractivity contribution is -0.121. The van der Waals surface area contributed by atoms with Crippen molar-refractivity contribution in [3.8, 4) is 5.75 Å². The Morgan fingerprint density at radius 3 is 2.67 bits per heavy atom. The lowest BCUT2D eigenvalue weighted by Gasteiger charge is -2.09. The molecule has 5 heteroatoms. The minimum absolute atomic E-state index is 0.00631. The molecule has 5 nitrogen and oxygen atoms in total. The number of aromatic nitrogens is 1. The summed E-state index contributed by atoms with van der Waals surface area (Å²) in [5.41, 5.74) is 0.828. The molecule has 0 radical (unpaired) electrons. The van der Waals surface area contributed by atoms with Gasteiger partial charge in [0.15, 0.2) is 0 Å². The molecule has 2 aromatic carbocycles. The molecular weight excluding hydrogens is 304 g/mol. The first kappa shape index (κ1) is 15.8. The monoisotopic (exact) mass is 322 g/mol. The molecule has 3 rings (SSSR count). The van der Waals surface area contributed by atoms with Crippen LogP contribution in [0.4, 0.5) is 0 Å². The first-order valence-electron chi connectivity index (χ1n) is 7.65. The van der Waals surface area contributed by atoms with Crippen molar-refractivity contribution < 1.29 is 9.53 Å². The van der Waals surface area contributed by atoms with E-state index in [1.807, 2.05) is 36.4 Å². The van der Waals surface area contributed by atoms with E-state index in [1.165, 1.54) is 4.57 Å². The van der Waals surface area contributed by atoms with Crippen molar-refractivity contribution in [3.63, 3.8) is 0 Å². The zero-order chi connectivity index (χ0) is 16.9. The molecule has 0 atom stereocenters. The predicted molar refractivity (Wildman–Crippen MR) is 93.0 cm³/mol. The molecular formula is C19H18N2O3. The van der Waals surface area contributed by atoms with Gasteiger partial charge in [-0.15, -0.1) is 0 Å². The van der Waals surface area contributed by atoms with Crippen LogP contribution in [0, 0.1) is 0 Å². The summed E-state index contributed by atoms with van der Waals surface area (Å²) in [5, 5.41) is 4.18. The van der Waals surface area contributed by atoms with Gasteiger partial charge < -0.3 is 14.6 Å². The molecule has 1 N–H and O–H groups in total. The maximum atomic E-state index is 12.5. The van der Waals surface area contributed by atoms with Crippen LogP contribution in [0.15, 0.2) is 65.6 Å². The summed E-state index contributed by atoms with van der Waals surface area (Å²) >= 11 is 0. The smallest absolute Gasteiger partial charge is 0.258 e. The number of pyridine rings is 1. The van der Waals surface area contributed by atoms with Crippen molar-refractivity contribution in [2.75, 3.05) is 7.11 Å². The van der Waals surface area contributed by atoms with Crippen LogP contribution in [0.5, 0.6) is 5.75 Å². The van der Waals surface area contributed by atoms with Crippen LogP contribution in [0.25, 0.3) is 10.8 Å².